The Bertz CT molecular complexity index is 1420. The van der Waals surface area contributed by atoms with E-state index in [1.54, 1.807) is 23.9 Å². The minimum absolute atomic E-state index is 0.0753. The summed E-state index contributed by atoms with van der Waals surface area (Å²) in [6.45, 7) is 3.11. The number of amides is 1. The predicted molar refractivity (Wildman–Crippen MR) is 136 cm³/mol. The van der Waals surface area contributed by atoms with Crippen LogP contribution in [0.4, 0.5) is 11.4 Å². The standard InChI is InChI=1S/C25H24N4O4S2/c1-17(18-9-10-24-22(16-18)26-21-7-2-3-8-23(21)34-24)27-28-25(30)19-5-4-6-20(15-19)35(31,32)29-11-13-33-14-12-29/h2-10,15-16,26H,11-14H2,1H3,(H,28,30)/b27-17-. The van der Waals surface area contributed by atoms with E-state index >= 15 is 0 Å². The Balaban J connectivity index is 1.30. The van der Waals surface area contributed by atoms with E-state index in [-0.39, 0.29) is 10.5 Å². The van der Waals surface area contributed by atoms with Crippen LogP contribution in [0.5, 0.6) is 0 Å². The molecule has 2 aliphatic heterocycles. The number of benzene rings is 3. The molecule has 5 rings (SSSR count). The first-order chi connectivity index (χ1) is 16.9. The van der Waals surface area contributed by atoms with E-state index in [1.807, 2.05) is 43.3 Å². The molecule has 0 radical (unpaired) electrons. The molecule has 1 saturated heterocycles. The molecule has 3 aromatic rings. The van der Waals surface area contributed by atoms with Crippen molar-refractivity contribution in [1.82, 2.24) is 9.73 Å². The highest BCUT2D eigenvalue weighted by atomic mass is 32.2. The molecule has 2 N–H and O–H groups in total. The zero-order valence-electron chi connectivity index (χ0n) is 19.0. The summed E-state index contributed by atoms with van der Waals surface area (Å²) in [4.78, 5) is 15.1. The molecule has 0 bridgehead atoms. The number of anilines is 2. The van der Waals surface area contributed by atoms with Crippen molar-refractivity contribution in [2.24, 2.45) is 5.10 Å². The Labute approximate surface area is 208 Å². The van der Waals surface area contributed by atoms with Gasteiger partial charge in [-0.1, -0.05) is 36.0 Å². The van der Waals surface area contributed by atoms with Crippen molar-refractivity contribution < 1.29 is 17.9 Å². The number of nitrogens with one attached hydrogen (secondary N) is 2. The predicted octanol–water partition coefficient (Wildman–Crippen LogP) is 4.07. The molecule has 2 aliphatic rings. The molecule has 10 heteroatoms. The number of hydrogen-bond donors (Lipinski definition) is 2. The topological polar surface area (TPSA) is 100 Å². The molecule has 1 fully saturated rings. The van der Waals surface area contributed by atoms with Crippen LogP contribution in [0.1, 0.15) is 22.8 Å². The molecular weight excluding hydrogens is 484 g/mol. The van der Waals surface area contributed by atoms with Crippen molar-refractivity contribution in [2.75, 3.05) is 31.6 Å². The maximum atomic E-state index is 12.9. The number of carbonyl (C=O) groups is 1. The lowest BCUT2D eigenvalue weighted by Gasteiger charge is -2.26. The summed E-state index contributed by atoms with van der Waals surface area (Å²) < 4.78 is 32.4. The Morgan fingerprint density at radius 3 is 2.57 bits per heavy atom. The Kier molecular flexibility index (Phi) is 6.61. The maximum absolute atomic E-state index is 12.9. The summed E-state index contributed by atoms with van der Waals surface area (Å²) in [6.07, 6.45) is 0. The molecule has 180 valence electrons. The molecule has 1 amide bonds. The molecule has 0 saturated carbocycles. The number of morpholine rings is 1. The fraction of sp³-hybridized carbons (Fsp3) is 0.200. The highest BCUT2D eigenvalue weighted by molar-refractivity contribution is 7.99. The van der Waals surface area contributed by atoms with Gasteiger partial charge in [0.15, 0.2) is 0 Å². The van der Waals surface area contributed by atoms with E-state index in [2.05, 4.69) is 21.9 Å². The number of rotatable bonds is 5. The third-order valence-electron chi connectivity index (χ3n) is 5.80. The van der Waals surface area contributed by atoms with Gasteiger partial charge >= 0.3 is 0 Å². The lowest BCUT2D eigenvalue weighted by atomic mass is 10.1. The van der Waals surface area contributed by atoms with Gasteiger partial charge in [-0.05, 0) is 55.0 Å². The van der Waals surface area contributed by atoms with Crippen molar-refractivity contribution >= 4 is 44.8 Å². The van der Waals surface area contributed by atoms with E-state index in [0.29, 0.717) is 32.0 Å². The quantitative estimate of drug-likeness (QED) is 0.311. The molecule has 0 unspecified atom stereocenters. The van der Waals surface area contributed by atoms with Crippen LogP contribution < -0.4 is 10.7 Å². The zero-order valence-corrected chi connectivity index (χ0v) is 20.7. The number of para-hydroxylation sites is 1. The van der Waals surface area contributed by atoms with Gasteiger partial charge in [-0.3, -0.25) is 4.79 Å². The smallest absolute Gasteiger partial charge is 0.271 e. The van der Waals surface area contributed by atoms with Gasteiger partial charge < -0.3 is 10.1 Å². The third-order valence-corrected chi connectivity index (χ3v) is 8.85. The van der Waals surface area contributed by atoms with Crippen LogP contribution in [0, 0.1) is 0 Å². The average Bonchev–Trinajstić information content (AvgIpc) is 2.90. The highest BCUT2D eigenvalue weighted by Gasteiger charge is 2.27. The monoisotopic (exact) mass is 508 g/mol. The lowest BCUT2D eigenvalue weighted by Crippen LogP contribution is -2.40. The van der Waals surface area contributed by atoms with E-state index in [1.165, 1.54) is 21.3 Å². The SMILES string of the molecule is C/C(=N/NC(=O)c1cccc(S(=O)(=O)N2CCOCC2)c1)c1ccc2c(c1)Nc1ccccc1S2. The number of hydrazone groups is 1. The van der Waals surface area contributed by atoms with E-state index in [0.717, 1.165) is 21.8 Å². The summed E-state index contributed by atoms with van der Waals surface area (Å²) in [6, 6.07) is 20.1. The second-order valence-electron chi connectivity index (χ2n) is 8.12. The second kappa shape index (κ2) is 9.82. The molecule has 8 nitrogen and oxygen atoms in total. The number of carbonyl (C=O) groups excluding carboxylic acids is 1. The molecular formula is C25H24N4O4S2. The summed E-state index contributed by atoms with van der Waals surface area (Å²) >= 11 is 1.70. The Hall–Kier alpha value is -3.18. The van der Waals surface area contributed by atoms with Crippen LogP contribution in [-0.4, -0.2) is 50.6 Å². The average molecular weight is 509 g/mol. The minimum atomic E-state index is -3.69. The van der Waals surface area contributed by atoms with Gasteiger partial charge in [0.25, 0.3) is 5.91 Å². The van der Waals surface area contributed by atoms with E-state index < -0.39 is 15.9 Å². The van der Waals surface area contributed by atoms with Crippen LogP contribution in [0.2, 0.25) is 0 Å². The van der Waals surface area contributed by atoms with Crippen LogP contribution >= 0.6 is 11.8 Å². The number of sulfonamides is 1. The van der Waals surface area contributed by atoms with Gasteiger partial charge in [-0.15, -0.1) is 0 Å². The third kappa shape index (κ3) is 4.96. The Morgan fingerprint density at radius 1 is 0.971 bits per heavy atom. The largest absolute Gasteiger partial charge is 0.379 e. The second-order valence-corrected chi connectivity index (χ2v) is 11.1. The van der Waals surface area contributed by atoms with Gasteiger partial charge in [0.1, 0.15) is 0 Å². The maximum Gasteiger partial charge on any atom is 0.271 e. The number of hydrogen-bond acceptors (Lipinski definition) is 7. The fourth-order valence-corrected chi connectivity index (χ4v) is 6.28. The van der Waals surface area contributed by atoms with Crippen LogP contribution in [0.15, 0.2) is 86.5 Å². The van der Waals surface area contributed by atoms with Gasteiger partial charge in [-0.2, -0.15) is 9.41 Å². The first-order valence-corrected chi connectivity index (χ1v) is 13.4. The van der Waals surface area contributed by atoms with Gasteiger partial charge in [0.2, 0.25) is 10.0 Å². The van der Waals surface area contributed by atoms with Crippen molar-refractivity contribution in [1.29, 1.82) is 0 Å². The van der Waals surface area contributed by atoms with Gasteiger partial charge in [0.05, 0.1) is 35.2 Å². The van der Waals surface area contributed by atoms with Crippen molar-refractivity contribution in [3.05, 3.63) is 77.9 Å². The van der Waals surface area contributed by atoms with Crippen LogP contribution in [0.3, 0.4) is 0 Å². The molecule has 2 heterocycles. The first-order valence-electron chi connectivity index (χ1n) is 11.1. The highest BCUT2D eigenvalue weighted by Crippen LogP contribution is 2.44. The van der Waals surface area contributed by atoms with Crippen LogP contribution in [0.25, 0.3) is 0 Å². The van der Waals surface area contributed by atoms with Crippen molar-refractivity contribution in [3.8, 4) is 0 Å². The summed E-state index contributed by atoms with van der Waals surface area (Å²) in [5.74, 6) is -0.482. The summed E-state index contributed by atoms with van der Waals surface area (Å²) in [7, 11) is -3.69. The molecule has 0 aliphatic carbocycles. The minimum Gasteiger partial charge on any atom is -0.379 e. The summed E-state index contributed by atoms with van der Waals surface area (Å²) in [5, 5.41) is 7.69. The normalized spacial score (nSPS) is 16.1. The van der Waals surface area contributed by atoms with Crippen molar-refractivity contribution in [3.63, 3.8) is 0 Å². The molecule has 3 aromatic carbocycles. The van der Waals surface area contributed by atoms with Crippen molar-refractivity contribution in [2.45, 2.75) is 21.6 Å². The molecule has 0 spiro atoms. The fourth-order valence-electron chi connectivity index (χ4n) is 3.86. The Morgan fingerprint density at radius 2 is 1.74 bits per heavy atom. The molecule has 0 aromatic heterocycles. The number of nitrogens with zero attached hydrogens (tertiary/aromatic N) is 2. The molecule has 35 heavy (non-hydrogen) atoms. The lowest BCUT2D eigenvalue weighted by molar-refractivity contribution is 0.0730. The number of fused-ring (bicyclic) bond motifs is 2. The van der Waals surface area contributed by atoms with E-state index in [4.69, 9.17) is 4.74 Å². The molecule has 0 atom stereocenters. The van der Waals surface area contributed by atoms with Crippen LogP contribution in [-0.2, 0) is 14.8 Å². The summed E-state index contributed by atoms with van der Waals surface area (Å²) in [5.41, 5.74) is 6.29. The first kappa shape index (κ1) is 23.6. The zero-order chi connectivity index (χ0) is 24.4. The number of ether oxygens (including phenoxy) is 1. The van der Waals surface area contributed by atoms with Gasteiger partial charge in [0, 0.05) is 28.4 Å². The van der Waals surface area contributed by atoms with Gasteiger partial charge in [-0.25, -0.2) is 13.8 Å². The van der Waals surface area contributed by atoms with E-state index in [9.17, 15) is 13.2 Å².